The van der Waals surface area contributed by atoms with Crippen molar-refractivity contribution in [2.75, 3.05) is 0 Å². The maximum absolute atomic E-state index is 5.77. The number of hydrogen-bond acceptors (Lipinski definition) is 3. The molecular formula is C12H14ClN3O. The average Bonchev–Trinajstić information content (AvgIpc) is 2.56. The van der Waals surface area contributed by atoms with E-state index in [0.717, 1.165) is 22.7 Å². The highest BCUT2D eigenvalue weighted by Gasteiger charge is 2.12. The summed E-state index contributed by atoms with van der Waals surface area (Å²) in [7, 11) is 1.89. The summed E-state index contributed by atoms with van der Waals surface area (Å²) < 4.78 is 7.54. The maximum Gasteiger partial charge on any atom is 0.219 e. The first-order valence-corrected chi connectivity index (χ1v) is 5.84. The van der Waals surface area contributed by atoms with Crippen molar-refractivity contribution in [3.63, 3.8) is 0 Å². The van der Waals surface area contributed by atoms with Gasteiger partial charge in [-0.2, -0.15) is 5.10 Å². The third-order valence-electron chi connectivity index (χ3n) is 2.60. The molecule has 17 heavy (non-hydrogen) atoms. The van der Waals surface area contributed by atoms with E-state index in [0.29, 0.717) is 11.8 Å². The molecule has 0 amide bonds. The highest BCUT2D eigenvalue weighted by atomic mass is 35.5. The minimum atomic E-state index is 0.448. The molecular weight excluding hydrogens is 238 g/mol. The molecule has 0 aromatic carbocycles. The summed E-state index contributed by atoms with van der Waals surface area (Å²) in [6.45, 7) is 3.87. The van der Waals surface area contributed by atoms with Crippen molar-refractivity contribution >= 4 is 11.6 Å². The number of alkyl halides is 1. The SMILES string of the molecule is Cc1nn(C)c(C)c1Oc1cc(CCl)ccn1. The lowest BCUT2D eigenvalue weighted by Gasteiger charge is -2.05. The van der Waals surface area contributed by atoms with Crippen molar-refractivity contribution in [1.82, 2.24) is 14.8 Å². The van der Waals surface area contributed by atoms with Crippen LogP contribution in [-0.4, -0.2) is 14.8 Å². The molecule has 0 radical (unpaired) electrons. The van der Waals surface area contributed by atoms with E-state index >= 15 is 0 Å². The van der Waals surface area contributed by atoms with E-state index in [4.69, 9.17) is 16.3 Å². The van der Waals surface area contributed by atoms with Crippen LogP contribution in [0, 0.1) is 13.8 Å². The maximum atomic E-state index is 5.77. The fourth-order valence-electron chi connectivity index (χ4n) is 1.60. The Kier molecular flexibility index (Phi) is 3.33. The molecule has 2 heterocycles. The fraction of sp³-hybridized carbons (Fsp3) is 0.333. The van der Waals surface area contributed by atoms with Crippen molar-refractivity contribution in [2.24, 2.45) is 7.05 Å². The van der Waals surface area contributed by atoms with E-state index in [1.165, 1.54) is 0 Å². The highest BCUT2D eigenvalue weighted by Crippen LogP contribution is 2.27. The van der Waals surface area contributed by atoms with Crippen LogP contribution in [0.25, 0.3) is 0 Å². The van der Waals surface area contributed by atoms with Crippen LogP contribution in [0.2, 0.25) is 0 Å². The topological polar surface area (TPSA) is 39.9 Å². The van der Waals surface area contributed by atoms with Gasteiger partial charge >= 0.3 is 0 Å². The largest absolute Gasteiger partial charge is 0.435 e. The summed E-state index contributed by atoms with van der Waals surface area (Å²) in [5.74, 6) is 1.75. The molecule has 0 N–H and O–H groups in total. The molecule has 0 saturated carbocycles. The zero-order chi connectivity index (χ0) is 12.4. The predicted molar refractivity (Wildman–Crippen MR) is 66.6 cm³/mol. The van der Waals surface area contributed by atoms with Gasteiger partial charge in [-0.1, -0.05) is 0 Å². The zero-order valence-electron chi connectivity index (χ0n) is 10.1. The van der Waals surface area contributed by atoms with Crippen LogP contribution in [0.3, 0.4) is 0 Å². The number of rotatable bonds is 3. The summed E-state index contributed by atoms with van der Waals surface area (Å²) in [6, 6.07) is 3.70. The summed E-state index contributed by atoms with van der Waals surface area (Å²) in [5.41, 5.74) is 2.81. The number of halogens is 1. The predicted octanol–water partition coefficient (Wildman–Crippen LogP) is 2.96. The van der Waals surface area contributed by atoms with Crippen LogP contribution in [0.5, 0.6) is 11.6 Å². The number of aromatic nitrogens is 3. The molecule has 0 bridgehead atoms. The lowest BCUT2D eigenvalue weighted by atomic mass is 10.3. The Hall–Kier alpha value is -1.55. The van der Waals surface area contributed by atoms with Crippen LogP contribution in [0.15, 0.2) is 18.3 Å². The minimum absolute atomic E-state index is 0.448. The first-order valence-electron chi connectivity index (χ1n) is 5.30. The fourth-order valence-corrected chi connectivity index (χ4v) is 1.76. The summed E-state index contributed by atoms with van der Waals surface area (Å²) >= 11 is 5.77. The van der Waals surface area contributed by atoms with Crippen LogP contribution >= 0.6 is 11.6 Å². The summed E-state index contributed by atoms with van der Waals surface area (Å²) in [5, 5.41) is 4.29. The Morgan fingerprint density at radius 1 is 1.41 bits per heavy atom. The van der Waals surface area contributed by atoms with E-state index in [2.05, 4.69) is 10.1 Å². The number of aryl methyl sites for hydroxylation is 2. The molecule has 0 saturated heterocycles. The molecule has 2 aromatic heterocycles. The Morgan fingerprint density at radius 3 is 2.76 bits per heavy atom. The Labute approximate surface area is 105 Å². The van der Waals surface area contributed by atoms with Gasteiger partial charge in [0.1, 0.15) is 5.69 Å². The van der Waals surface area contributed by atoms with Gasteiger partial charge in [-0.15, -0.1) is 11.6 Å². The average molecular weight is 252 g/mol. The second-order valence-corrected chi connectivity index (χ2v) is 4.13. The number of nitrogens with zero attached hydrogens (tertiary/aromatic N) is 3. The molecule has 0 aliphatic rings. The van der Waals surface area contributed by atoms with Crippen LogP contribution in [0.4, 0.5) is 0 Å². The van der Waals surface area contributed by atoms with E-state index in [1.54, 1.807) is 10.9 Å². The van der Waals surface area contributed by atoms with Gasteiger partial charge < -0.3 is 4.74 Å². The van der Waals surface area contributed by atoms with Gasteiger partial charge in [-0.05, 0) is 25.5 Å². The van der Waals surface area contributed by atoms with Crippen molar-refractivity contribution in [1.29, 1.82) is 0 Å². The quantitative estimate of drug-likeness (QED) is 0.788. The van der Waals surface area contributed by atoms with Gasteiger partial charge in [0.15, 0.2) is 5.75 Å². The van der Waals surface area contributed by atoms with Gasteiger partial charge in [-0.25, -0.2) is 4.98 Å². The van der Waals surface area contributed by atoms with Gasteiger partial charge in [0.2, 0.25) is 5.88 Å². The molecule has 0 unspecified atom stereocenters. The van der Waals surface area contributed by atoms with Crippen LogP contribution in [-0.2, 0) is 12.9 Å². The molecule has 0 aliphatic carbocycles. The molecule has 0 atom stereocenters. The molecule has 0 fully saturated rings. The third kappa shape index (κ3) is 2.42. The molecule has 5 heteroatoms. The smallest absolute Gasteiger partial charge is 0.219 e. The standard InChI is InChI=1S/C12H14ClN3O/c1-8-12(9(2)16(3)15-8)17-11-6-10(7-13)4-5-14-11/h4-6H,7H2,1-3H3. The van der Waals surface area contributed by atoms with E-state index in [-0.39, 0.29) is 0 Å². The van der Waals surface area contributed by atoms with E-state index in [1.807, 2.05) is 33.0 Å². The summed E-state index contributed by atoms with van der Waals surface area (Å²) in [6.07, 6.45) is 1.69. The Balaban J connectivity index is 2.31. The number of hydrogen-bond donors (Lipinski definition) is 0. The molecule has 2 aromatic rings. The first-order chi connectivity index (χ1) is 8.11. The monoisotopic (exact) mass is 251 g/mol. The second-order valence-electron chi connectivity index (χ2n) is 3.86. The van der Waals surface area contributed by atoms with Crippen molar-refractivity contribution < 1.29 is 4.74 Å². The minimum Gasteiger partial charge on any atom is -0.435 e. The normalized spacial score (nSPS) is 10.6. The molecule has 4 nitrogen and oxygen atoms in total. The van der Waals surface area contributed by atoms with Crippen molar-refractivity contribution in [3.8, 4) is 11.6 Å². The van der Waals surface area contributed by atoms with Crippen molar-refractivity contribution in [2.45, 2.75) is 19.7 Å². The van der Waals surface area contributed by atoms with E-state index < -0.39 is 0 Å². The molecule has 2 rings (SSSR count). The van der Waals surface area contributed by atoms with Crippen LogP contribution in [0.1, 0.15) is 17.0 Å². The summed E-state index contributed by atoms with van der Waals surface area (Å²) in [4.78, 5) is 4.16. The van der Waals surface area contributed by atoms with Crippen molar-refractivity contribution in [3.05, 3.63) is 35.3 Å². The lowest BCUT2D eigenvalue weighted by molar-refractivity contribution is 0.454. The van der Waals surface area contributed by atoms with E-state index in [9.17, 15) is 0 Å². The van der Waals surface area contributed by atoms with Crippen LogP contribution < -0.4 is 4.74 Å². The van der Waals surface area contributed by atoms with Gasteiger partial charge in [0, 0.05) is 25.2 Å². The van der Waals surface area contributed by atoms with Gasteiger partial charge in [-0.3, -0.25) is 4.68 Å². The lowest BCUT2D eigenvalue weighted by Crippen LogP contribution is -1.94. The highest BCUT2D eigenvalue weighted by molar-refractivity contribution is 6.17. The molecule has 0 aliphatic heterocycles. The zero-order valence-corrected chi connectivity index (χ0v) is 10.8. The third-order valence-corrected chi connectivity index (χ3v) is 2.91. The Bertz CT molecular complexity index is 537. The van der Waals surface area contributed by atoms with Gasteiger partial charge in [0.25, 0.3) is 0 Å². The van der Waals surface area contributed by atoms with Gasteiger partial charge in [0.05, 0.1) is 5.69 Å². The number of pyridine rings is 1. The first kappa shape index (κ1) is 11.9. The molecule has 0 spiro atoms. The number of ether oxygens (including phenoxy) is 1. The molecule has 90 valence electrons. The second kappa shape index (κ2) is 4.75. The Morgan fingerprint density at radius 2 is 2.18 bits per heavy atom.